The Hall–Kier alpha value is -2.96. The van der Waals surface area contributed by atoms with Gasteiger partial charge in [0.2, 0.25) is 5.91 Å². The lowest BCUT2D eigenvalue weighted by Gasteiger charge is -2.28. The van der Waals surface area contributed by atoms with E-state index in [1.165, 1.54) is 18.3 Å². The number of morpholine rings is 1. The molecule has 0 bridgehead atoms. The molecule has 1 aromatic carbocycles. The van der Waals surface area contributed by atoms with Crippen LogP contribution in [0, 0.1) is 0 Å². The van der Waals surface area contributed by atoms with Crippen molar-refractivity contribution in [3.05, 3.63) is 57.0 Å². The minimum Gasteiger partial charge on any atom is -0.378 e. The number of carbonyl (C=O) groups excluding carboxylic acids is 2. The first-order chi connectivity index (χ1) is 16.2. The molecule has 0 aliphatic carbocycles. The van der Waals surface area contributed by atoms with E-state index in [-0.39, 0.29) is 23.0 Å². The van der Waals surface area contributed by atoms with Crippen LogP contribution in [-0.4, -0.2) is 60.9 Å². The summed E-state index contributed by atoms with van der Waals surface area (Å²) in [5.41, 5.74) is -1.10. The van der Waals surface area contributed by atoms with Gasteiger partial charge in [-0.15, -0.1) is 11.3 Å². The van der Waals surface area contributed by atoms with E-state index in [0.29, 0.717) is 37.1 Å². The van der Waals surface area contributed by atoms with Gasteiger partial charge in [0, 0.05) is 31.9 Å². The fourth-order valence-corrected chi connectivity index (χ4v) is 3.97. The number of anilines is 1. The van der Waals surface area contributed by atoms with Crippen molar-refractivity contribution in [3.8, 4) is 0 Å². The fraction of sp³-hybridized carbons (Fsp3) is 0.333. The minimum atomic E-state index is -4.64. The highest BCUT2D eigenvalue weighted by atomic mass is 35.5. The monoisotopic (exact) mass is 515 g/mol. The van der Waals surface area contributed by atoms with Gasteiger partial charge in [-0.3, -0.25) is 14.6 Å². The average Bonchev–Trinajstić information content (AvgIpc) is 3.29. The number of amides is 2. The Morgan fingerprint density at radius 3 is 2.71 bits per heavy atom. The Kier molecular flexibility index (Phi) is 8.64. The first kappa shape index (κ1) is 25.7. The smallest absolute Gasteiger partial charge is 0.378 e. The third-order valence-corrected chi connectivity index (χ3v) is 5.99. The van der Waals surface area contributed by atoms with Gasteiger partial charge in [-0.2, -0.15) is 13.2 Å². The van der Waals surface area contributed by atoms with Crippen molar-refractivity contribution in [1.82, 2.24) is 15.2 Å². The predicted molar refractivity (Wildman–Crippen MR) is 123 cm³/mol. The van der Waals surface area contributed by atoms with E-state index in [9.17, 15) is 22.8 Å². The van der Waals surface area contributed by atoms with Crippen molar-refractivity contribution < 1.29 is 27.5 Å². The molecule has 1 aliphatic heterocycles. The van der Waals surface area contributed by atoms with E-state index in [1.807, 2.05) is 4.90 Å². The highest BCUT2D eigenvalue weighted by Gasteiger charge is 2.33. The van der Waals surface area contributed by atoms with Crippen LogP contribution in [0.15, 0.2) is 41.5 Å². The molecule has 2 amide bonds. The number of alkyl halides is 3. The van der Waals surface area contributed by atoms with Gasteiger partial charge >= 0.3 is 6.18 Å². The lowest BCUT2D eigenvalue weighted by Crippen LogP contribution is -2.40. The summed E-state index contributed by atoms with van der Waals surface area (Å²) in [6.07, 6.45) is -0.382. The second kappa shape index (κ2) is 11.4. The molecule has 1 fully saturated rings. The van der Waals surface area contributed by atoms with E-state index in [1.54, 1.807) is 13.1 Å². The first-order valence-electron chi connectivity index (χ1n) is 10.1. The first-order valence-corrected chi connectivity index (χ1v) is 11.2. The van der Waals surface area contributed by atoms with Gasteiger partial charge in [0.15, 0.2) is 0 Å². The van der Waals surface area contributed by atoms with Crippen LogP contribution in [0.3, 0.4) is 0 Å². The maximum Gasteiger partial charge on any atom is 0.417 e. The number of carbonyl (C=O) groups is 2. The van der Waals surface area contributed by atoms with Crippen molar-refractivity contribution in [3.63, 3.8) is 0 Å². The number of thiazole rings is 1. The second-order valence-corrected chi connectivity index (χ2v) is 8.52. The van der Waals surface area contributed by atoms with Gasteiger partial charge in [0.25, 0.3) is 5.91 Å². The molecule has 1 saturated heterocycles. The van der Waals surface area contributed by atoms with Gasteiger partial charge < -0.3 is 20.3 Å². The summed E-state index contributed by atoms with van der Waals surface area (Å²) >= 11 is 6.60. The lowest BCUT2D eigenvalue weighted by molar-refractivity contribution is -0.137. The summed E-state index contributed by atoms with van der Waals surface area (Å²) in [6, 6.07) is 3.10. The second-order valence-electron chi connectivity index (χ2n) is 7.00. The summed E-state index contributed by atoms with van der Waals surface area (Å²) in [7, 11) is 1.64. The molecular weight excluding hydrogens is 495 g/mol. The highest BCUT2D eigenvalue weighted by Crippen LogP contribution is 2.36. The van der Waals surface area contributed by atoms with Crippen molar-refractivity contribution >= 4 is 46.3 Å². The number of aliphatic imine (C=N–C) groups is 1. The molecule has 1 aromatic heterocycles. The molecule has 2 heterocycles. The Morgan fingerprint density at radius 2 is 2.03 bits per heavy atom. The van der Waals surface area contributed by atoms with Crippen molar-refractivity contribution in [2.75, 3.05) is 38.7 Å². The van der Waals surface area contributed by atoms with E-state index in [2.05, 4.69) is 20.6 Å². The molecule has 182 valence electrons. The number of nitrogens with zero attached hydrogens (tertiary/aromatic N) is 3. The Labute approximate surface area is 202 Å². The van der Waals surface area contributed by atoms with Crippen LogP contribution in [0.4, 0.5) is 18.9 Å². The Morgan fingerprint density at radius 1 is 1.29 bits per heavy atom. The number of hydrogen-bond donors (Lipinski definition) is 2. The molecule has 3 rings (SSSR count). The maximum atomic E-state index is 13.0. The van der Waals surface area contributed by atoms with E-state index >= 15 is 0 Å². The lowest BCUT2D eigenvalue weighted by atomic mass is 10.2. The maximum absolute atomic E-state index is 13.0. The third kappa shape index (κ3) is 7.02. The van der Waals surface area contributed by atoms with E-state index < -0.39 is 22.7 Å². The predicted octanol–water partition coefficient (Wildman–Crippen LogP) is 3.60. The zero-order valence-electron chi connectivity index (χ0n) is 18.0. The summed E-state index contributed by atoms with van der Waals surface area (Å²) in [4.78, 5) is 35.0. The molecule has 0 spiro atoms. The van der Waals surface area contributed by atoms with Crippen LogP contribution in [0.1, 0.15) is 20.2 Å². The molecule has 0 radical (unpaired) electrons. The van der Waals surface area contributed by atoms with Gasteiger partial charge in [0.1, 0.15) is 15.7 Å². The van der Waals surface area contributed by atoms with Crippen LogP contribution >= 0.6 is 22.9 Å². The third-order valence-electron chi connectivity index (χ3n) is 4.67. The van der Waals surface area contributed by atoms with Crippen LogP contribution in [0.2, 0.25) is 5.02 Å². The largest absolute Gasteiger partial charge is 0.417 e. The van der Waals surface area contributed by atoms with Crippen LogP contribution < -0.4 is 10.6 Å². The van der Waals surface area contributed by atoms with Gasteiger partial charge in [0.05, 0.1) is 36.5 Å². The Bertz CT molecular complexity index is 1100. The zero-order chi connectivity index (χ0) is 24.7. The Balaban J connectivity index is 1.54. The molecule has 13 heteroatoms. The normalized spacial score (nSPS) is 15.0. The average molecular weight is 516 g/mol. The van der Waals surface area contributed by atoms with E-state index in [4.69, 9.17) is 16.3 Å². The van der Waals surface area contributed by atoms with Crippen LogP contribution in [-0.2, 0) is 22.3 Å². The number of halogens is 4. The van der Waals surface area contributed by atoms with Crippen molar-refractivity contribution in [2.24, 2.45) is 4.99 Å². The molecule has 2 N–H and O–H groups in total. The van der Waals surface area contributed by atoms with Crippen molar-refractivity contribution in [1.29, 1.82) is 0 Å². The zero-order valence-corrected chi connectivity index (χ0v) is 19.6. The highest BCUT2D eigenvalue weighted by molar-refractivity contribution is 7.13. The van der Waals surface area contributed by atoms with Gasteiger partial charge in [-0.25, -0.2) is 4.98 Å². The summed E-state index contributed by atoms with van der Waals surface area (Å²) in [5, 5.41) is 5.05. The number of benzene rings is 1. The van der Waals surface area contributed by atoms with Crippen LogP contribution in [0.25, 0.3) is 0 Å². The molecule has 8 nitrogen and oxygen atoms in total. The summed E-state index contributed by atoms with van der Waals surface area (Å²) < 4.78 is 44.3. The molecule has 0 unspecified atom stereocenters. The molecule has 0 saturated carbocycles. The number of rotatable bonds is 6. The molecule has 34 heavy (non-hydrogen) atoms. The van der Waals surface area contributed by atoms with Gasteiger partial charge in [-0.1, -0.05) is 11.6 Å². The van der Waals surface area contributed by atoms with Crippen molar-refractivity contribution in [2.45, 2.75) is 12.7 Å². The van der Waals surface area contributed by atoms with Crippen LogP contribution in [0.5, 0.6) is 0 Å². The number of amidine groups is 1. The summed E-state index contributed by atoms with van der Waals surface area (Å²) in [6.45, 7) is 2.66. The quantitative estimate of drug-likeness (QED) is 0.348. The minimum absolute atomic E-state index is 0.0521. The number of nitrogens with one attached hydrogen (secondary N) is 2. The number of ether oxygens (including phenoxy) is 1. The number of aromatic nitrogens is 1. The fourth-order valence-electron chi connectivity index (χ4n) is 3.00. The standard InChI is InChI=1S/C21H21ClF3N5O3S/c1-26-17(30-6-8-33-9-7-30)4-5-18(31)27-12-19-28-11-16(34-19)20(32)29-13-2-3-15(22)14(10-13)21(23,24)25/h2-5,10-11H,6-9,12H2,1H3,(H,27,31)(H,29,32)/b5-4+,26-17+. The molecule has 2 aromatic rings. The van der Waals surface area contributed by atoms with E-state index in [0.717, 1.165) is 23.5 Å². The SMILES string of the molecule is C/N=C(\C=C\C(=O)NCc1ncc(C(=O)Nc2ccc(Cl)c(C(F)(F)F)c2)s1)N1CCOCC1. The molecule has 0 atom stereocenters. The molecular formula is C21H21ClF3N5O3S. The van der Waals surface area contributed by atoms with Gasteiger partial charge in [-0.05, 0) is 24.3 Å². The summed E-state index contributed by atoms with van der Waals surface area (Å²) in [5.74, 6) is -0.321. The number of hydrogen-bond acceptors (Lipinski definition) is 6. The molecule has 1 aliphatic rings. The topological polar surface area (TPSA) is 95.9 Å².